The molecule has 0 bridgehead atoms. The zero-order chi connectivity index (χ0) is 17.1. The van der Waals surface area contributed by atoms with Crippen LogP contribution >= 0.6 is 0 Å². The largest absolute Gasteiger partial charge is 0.508 e. The van der Waals surface area contributed by atoms with E-state index < -0.39 is 12.0 Å². The van der Waals surface area contributed by atoms with Gasteiger partial charge in [0.15, 0.2) is 0 Å². The summed E-state index contributed by atoms with van der Waals surface area (Å²) in [5.41, 5.74) is 1.76. The topological polar surface area (TPSA) is 102 Å². The number of hydrogen-bond donors (Lipinski definition) is 2. The SMILES string of the molecule is CCCCOC(=O)C1=C(C)Nc2nnnn2[C@H]1c1cccc(O)c1. The fraction of sp³-hybridized carbons (Fsp3) is 0.375. The number of esters is 1. The summed E-state index contributed by atoms with van der Waals surface area (Å²) in [6.07, 6.45) is 1.75. The van der Waals surface area contributed by atoms with Gasteiger partial charge in [-0.05, 0) is 41.5 Å². The molecule has 1 atom stereocenters. The van der Waals surface area contributed by atoms with Gasteiger partial charge in [0, 0.05) is 5.70 Å². The van der Waals surface area contributed by atoms with E-state index in [-0.39, 0.29) is 5.75 Å². The van der Waals surface area contributed by atoms with Crippen LogP contribution in [0.25, 0.3) is 0 Å². The first-order valence-electron chi connectivity index (χ1n) is 7.83. The van der Waals surface area contributed by atoms with Gasteiger partial charge in [0.05, 0.1) is 12.2 Å². The van der Waals surface area contributed by atoms with Crippen LogP contribution in [0.4, 0.5) is 5.95 Å². The molecule has 0 saturated heterocycles. The van der Waals surface area contributed by atoms with Gasteiger partial charge in [0.2, 0.25) is 5.95 Å². The lowest BCUT2D eigenvalue weighted by molar-refractivity contribution is -0.139. The quantitative estimate of drug-likeness (QED) is 0.639. The summed E-state index contributed by atoms with van der Waals surface area (Å²) >= 11 is 0. The van der Waals surface area contributed by atoms with E-state index >= 15 is 0 Å². The summed E-state index contributed by atoms with van der Waals surface area (Å²) in [6, 6.07) is 6.13. The van der Waals surface area contributed by atoms with Crippen LogP contribution in [0.3, 0.4) is 0 Å². The molecule has 8 heteroatoms. The number of nitrogens with zero attached hydrogens (tertiary/aromatic N) is 4. The van der Waals surface area contributed by atoms with Crippen molar-refractivity contribution in [2.24, 2.45) is 0 Å². The van der Waals surface area contributed by atoms with Gasteiger partial charge in [0.1, 0.15) is 11.8 Å². The van der Waals surface area contributed by atoms with Gasteiger partial charge in [-0.2, -0.15) is 4.68 Å². The smallest absolute Gasteiger partial charge is 0.338 e. The zero-order valence-electron chi connectivity index (χ0n) is 13.6. The van der Waals surface area contributed by atoms with Crippen molar-refractivity contribution in [2.75, 3.05) is 11.9 Å². The van der Waals surface area contributed by atoms with Crippen molar-refractivity contribution in [3.8, 4) is 5.75 Å². The predicted molar refractivity (Wildman–Crippen MR) is 86.3 cm³/mol. The Bertz CT molecular complexity index is 784. The number of rotatable bonds is 5. The monoisotopic (exact) mass is 329 g/mol. The van der Waals surface area contributed by atoms with Crippen molar-refractivity contribution in [1.29, 1.82) is 0 Å². The predicted octanol–water partition coefficient (Wildman–Crippen LogP) is 2.01. The number of unbranched alkanes of at least 4 members (excludes halogenated alkanes) is 1. The minimum atomic E-state index is -0.558. The molecule has 3 rings (SSSR count). The number of hydrogen-bond acceptors (Lipinski definition) is 7. The summed E-state index contributed by atoms with van der Waals surface area (Å²) in [7, 11) is 0. The molecule has 0 saturated carbocycles. The first-order chi connectivity index (χ1) is 11.6. The Morgan fingerprint density at radius 3 is 3.04 bits per heavy atom. The third-order valence-corrected chi connectivity index (χ3v) is 3.85. The van der Waals surface area contributed by atoms with E-state index in [0.717, 1.165) is 12.8 Å². The van der Waals surface area contributed by atoms with Crippen molar-refractivity contribution >= 4 is 11.9 Å². The molecule has 0 radical (unpaired) electrons. The van der Waals surface area contributed by atoms with Crippen LogP contribution in [-0.2, 0) is 9.53 Å². The summed E-state index contributed by atoms with van der Waals surface area (Å²) in [6.45, 7) is 4.18. The summed E-state index contributed by atoms with van der Waals surface area (Å²) in [5.74, 6) is 0.130. The maximum Gasteiger partial charge on any atom is 0.338 e. The molecule has 126 valence electrons. The van der Waals surface area contributed by atoms with E-state index in [1.165, 1.54) is 4.68 Å². The summed E-state index contributed by atoms with van der Waals surface area (Å²) in [4.78, 5) is 12.6. The molecule has 1 aliphatic rings. The lowest BCUT2D eigenvalue weighted by Gasteiger charge is -2.27. The number of ether oxygens (including phenoxy) is 1. The molecule has 2 heterocycles. The van der Waals surface area contributed by atoms with E-state index in [0.29, 0.717) is 29.4 Å². The van der Waals surface area contributed by atoms with Gasteiger partial charge in [-0.15, -0.1) is 0 Å². The highest BCUT2D eigenvalue weighted by Gasteiger charge is 2.35. The average Bonchev–Trinajstić information content (AvgIpc) is 3.01. The number of nitrogens with one attached hydrogen (secondary N) is 1. The van der Waals surface area contributed by atoms with Crippen molar-refractivity contribution in [3.05, 3.63) is 41.1 Å². The third kappa shape index (κ3) is 2.94. The lowest BCUT2D eigenvalue weighted by Crippen LogP contribution is -2.29. The number of aromatic hydroxyl groups is 1. The van der Waals surface area contributed by atoms with Crippen LogP contribution in [0.15, 0.2) is 35.5 Å². The number of aromatic nitrogens is 4. The lowest BCUT2D eigenvalue weighted by atomic mass is 9.95. The van der Waals surface area contributed by atoms with Crippen LogP contribution in [0.1, 0.15) is 38.3 Å². The Morgan fingerprint density at radius 2 is 2.29 bits per heavy atom. The number of phenols is 1. The second-order valence-corrected chi connectivity index (χ2v) is 5.60. The Kier molecular flexibility index (Phi) is 4.45. The molecule has 0 unspecified atom stereocenters. The number of benzene rings is 1. The first-order valence-corrected chi connectivity index (χ1v) is 7.83. The molecular formula is C16H19N5O3. The highest BCUT2D eigenvalue weighted by atomic mass is 16.5. The molecule has 0 amide bonds. The van der Waals surface area contributed by atoms with Crippen molar-refractivity contribution in [3.63, 3.8) is 0 Å². The van der Waals surface area contributed by atoms with Gasteiger partial charge in [-0.25, -0.2) is 4.79 Å². The summed E-state index contributed by atoms with van der Waals surface area (Å²) in [5, 5.41) is 24.4. The van der Waals surface area contributed by atoms with E-state index in [2.05, 4.69) is 20.8 Å². The fourth-order valence-electron chi connectivity index (χ4n) is 2.67. The van der Waals surface area contributed by atoms with E-state index in [4.69, 9.17) is 4.74 Å². The Morgan fingerprint density at radius 1 is 1.46 bits per heavy atom. The van der Waals surface area contributed by atoms with Crippen LogP contribution in [-0.4, -0.2) is 37.9 Å². The molecular weight excluding hydrogens is 310 g/mol. The van der Waals surface area contributed by atoms with Crippen LogP contribution in [0.2, 0.25) is 0 Å². The molecule has 0 aliphatic carbocycles. The molecule has 1 aromatic carbocycles. The maximum absolute atomic E-state index is 12.6. The Labute approximate surface area is 139 Å². The second-order valence-electron chi connectivity index (χ2n) is 5.60. The highest BCUT2D eigenvalue weighted by Crippen LogP contribution is 2.35. The van der Waals surface area contributed by atoms with Gasteiger partial charge in [-0.1, -0.05) is 30.6 Å². The Hall–Kier alpha value is -2.90. The molecule has 0 fully saturated rings. The molecule has 1 aliphatic heterocycles. The van der Waals surface area contributed by atoms with E-state index in [1.54, 1.807) is 25.1 Å². The van der Waals surface area contributed by atoms with Crippen molar-refractivity contribution < 1.29 is 14.6 Å². The van der Waals surface area contributed by atoms with Crippen molar-refractivity contribution in [2.45, 2.75) is 32.7 Å². The number of carbonyl (C=O) groups excluding carboxylic acids is 1. The standard InChI is InChI=1S/C16H19N5O3/c1-3-4-8-24-15(23)13-10(2)17-16-18-19-20-21(16)14(13)11-6-5-7-12(22)9-11/h5-7,9,14,22H,3-4,8H2,1-2H3,(H,17,18,20)/t14-/m0/s1. The number of fused-ring (bicyclic) bond motifs is 1. The molecule has 0 spiro atoms. The van der Waals surface area contributed by atoms with Gasteiger partial charge >= 0.3 is 5.97 Å². The van der Waals surface area contributed by atoms with Crippen LogP contribution in [0, 0.1) is 0 Å². The number of allylic oxidation sites excluding steroid dienone is 1. The summed E-state index contributed by atoms with van der Waals surface area (Å²) < 4.78 is 6.90. The highest BCUT2D eigenvalue weighted by molar-refractivity contribution is 5.92. The fourth-order valence-corrected chi connectivity index (χ4v) is 2.67. The van der Waals surface area contributed by atoms with Gasteiger partial charge in [0.25, 0.3) is 0 Å². The van der Waals surface area contributed by atoms with Crippen molar-refractivity contribution in [1.82, 2.24) is 20.2 Å². The number of carbonyl (C=O) groups is 1. The average molecular weight is 329 g/mol. The van der Waals surface area contributed by atoms with Crippen LogP contribution in [0.5, 0.6) is 5.75 Å². The molecule has 8 nitrogen and oxygen atoms in total. The Balaban J connectivity index is 2.02. The molecule has 1 aromatic heterocycles. The third-order valence-electron chi connectivity index (χ3n) is 3.85. The first kappa shape index (κ1) is 16.0. The van der Waals surface area contributed by atoms with E-state index in [9.17, 15) is 9.90 Å². The number of tetrazole rings is 1. The van der Waals surface area contributed by atoms with E-state index in [1.807, 2.05) is 13.0 Å². The normalized spacial score (nSPS) is 16.5. The van der Waals surface area contributed by atoms with Gasteiger partial charge in [-0.3, -0.25) is 0 Å². The minimum absolute atomic E-state index is 0.108. The molecule has 2 N–H and O–H groups in total. The maximum atomic E-state index is 12.6. The molecule has 2 aromatic rings. The number of anilines is 1. The minimum Gasteiger partial charge on any atom is -0.508 e. The molecule has 24 heavy (non-hydrogen) atoms. The number of phenolic OH excluding ortho intramolecular Hbond substituents is 1. The second kappa shape index (κ2) is 6.69. The zero-order valence-corrected chi connectivity index (χ0v) is 13.6. The van der Waals surface area contributed by atoms with Gasteiger partial charge < -0.3 is 15.2 Å². The van der Waals surface area contributed by atoms with Crippen LogP contribution < -0.4 is 5.32 Å².